The predicted octanol–water partition coefficient (Wildman–Crippen LogP) is 4.27. The van der Waals surface area contributed by atoms with Gasteiger partial charge in [0.05, 0.1) is 4.92 Å². The zero-order chi connectivity index (χ0) is 20.1. The first-order valence-electron chi connectivity index (χ1n) is 9.52. The van der Waals surface area contributed by atoms with Gasteiger partial charge in [-0.3, -0.25) is 14.9 Å². The molecule has 1 saturated carbocycles. The fourth-order valence-electron chi connectivity index (χ4n) is 3.67. The molecule has 150 valence electrons. The minimum absolute atomic E-state index is 0.0773. The topological polar surface area (TPSA) is 103 Å². The van der Waals surface area contributed by atoms with Crippen LogP contribution in [0.15, 0.2) is 23.4 Å². The Morgan fingerprint density at radius 1 is 1.36 bits per heavy atom. The van der Waals surface area contributed by atoms with E-state index in [0.29, 0.717) is 23.8 Å². The first-order chi connectivity index (χ1) is 13.5. The molecule has 3 rings (SSSR count). The van der Waals surface area contributed by atoms with Gasteiger partial charge < -0.3 is 9.88 Å². The smallest absolute Gasteiger partial charge is 0.293 e. The van der Waals surface area contributed by atoms with Gasteiger partial charge in [0, 0.05) is 30.6 Å². The number of carbonyl (C=O) groups is 1. The van der Waals surface area contributed by atoms with Gasteiger partial charge in [-0.25, -0.2) is 0 Å². The van der Waals surface area contributed by atoms with E-state index < -0.39 is 4.92 Å². The van der Waals surface area contributed by atoms with E-state index >= 15 is 0 Å². The van der Waals surface area contributed by atoms with E-state index in [9.17, 15) is 14.9 Å². The van der Waals surface area contributed by atoms with Crippen molar-refractivity contribution in [2.24, 2.45) is 0 Å². The minimum atomic E-state index is -0.462. The highest BCUT2D eigenvalue weighted by atomic mass is 32.2. The quantitative estimate of drug-likeness (QED) is 0.219. The summed E-state index contributed by atoms with van der Waals surface area (Å²) in [5.74, 6) is 0.796. The number of aromatic nitrogens is 3. The number of hydrogen-bond acceptors (Lipinski definition) is 7. The molecule has 1 aliphatic carbocycles. The second-order valence-corrected chi connectivity index (χ2v) is 7.76. The average Bonchev–Trinajstić information content (AvgIpc) is 3.34. The number of thioether (sulfide) groups is 1. The molecule has 9 heteroatoms. The fourth-order valence-corrected chi connectivity index (χ4v) is 4.24. The first-order valence-corrected chi connectivity index (χ1v) is 10.7. The van der Waals surface area contributed by atoms with Gasteiger partial charge in [0.25, 0.3) is 5.69 Å². The van der Waals surface area contributed by atoms with Gasteiger partial charge in [0.2, 0.25) is 0 Å². The van der Waals surface area contributed by atoms with Crippen LogP contribution in [0.1, 0.15) is 61.3 Å². The lowest BCUT2D eigenvalue weighted by Crippen LogP contribution is -2.12. The van der Waals surface area contributed by atoms with Crippen molar-refractivity contribution in [3.63, 3.8) is 0 Å². The lowest BCUT2D eigenvalue weighted by molar-refractivity contribution is -0.384. The van der Waals surface area contributed by atoms with Gasteiger partial charge in [-0.2, -0.15) is 0 Å². The molecule has 28 heavy (non-hydrogen) atoms. The summed E-state index contributed by atoms with van der Waals surface area (Å²) < 4.78 is 2.28. The summed E-state index contributed by atoms with van der Waals surface area (Å²) in [5, 5.41) is 24.1. The van der Waals surface area contributed by atoms with Crippen LogP contribution < -0.4 is 5.32 Å². The van der Waals surface area contributed by atoms with E-state index in [-0.39, 0.29) is 11.5 Å². The van der Waals surface area contributed by atoms with Gasteiger partial charge >= 0.3 is 0 Å². The molecular formula is C19H25N5O3S. The lowest BCUT2D eigenvalue weighted by atomic mass is 10.1. The summed E-state index contributed by atoms with van der Waals surface area (Å²) in [6.45, 7) is 1.97. The summed E-state index contributed by atoms with van der Waals surface area (Å²) in [6, 6.07) is 5.02. The molecule has 2 aromatic rings. The Morgan fingerprint density at radius 2 is 2.11 bits per heavy atom. The molecule has 1 aromatic heterocycles. The molecule has 0 bridgehead atoms. The monoisotopic (exact) mass is 403 g/mol. The molecule has 0 aliphatic heterocycles. The van der Waals surface area contributed by atoms with Crippen molar-refractivity contribution < 1.29 is 9.72 Å². The molecule has 0 spiro atoms. The van der Waals surface area contributed by atoms with Crippen molar-refractivity contribution in [3.05, 3.63) is 39.7 Å². The van der Waals surface area contributed by atoms with Crippen molar-refractivity contribution in [1.82, 2.24) is 14.8 Å². The molecule has 0 unspecified atom stereocenters. The number of benzene rings is 1. The van der Waals surface area contributed by atoms with Crippen molar-refractivity contribution in [3.8, 4) is 0 Å². The Hall–Kier alpha value is -2.42. The summed E-state index contributed by atoms with van der Waals surface area (Å²) in [7, 11) is 0. The average molecular weight is 404 g/mol. The van der Waals surface area contributed by atoms with Crippen LogP contribution in [0, 0.1) is 10.1 Å². The van der Waals surface area contributed by atoms with E-state index in [1.165, 1.54) is 38.7 Å². The van der Waals surface area contributed by atoms with E-state index in [2.05, 4.69) is 20.1 Å². The number of Topliss-reactive ketones (excluding diaryl/α,β-unsaturated/α-hetero) is 1. The molecule has 0 radical (unpaired) electrons. The third kappa shape index (κ3) is 4.52. The maximum absolute atomic E-state index is 11.5. The molecule has 1 aromatic carbocycles. The first kappa shape index (κ1) is 20.3. The van der Waals surface area contributed by atoms with Gasteiger partial charge in [-0.15, -0.1) is 10.2 Å². The number of nitro groups is 1. The second kappa shape index (κ2) is 9.18. The number of nitrogens with one attached hydrogen (secondary N) is 1. The Bertz CT molecular complexity index is 861. The molecule has 0 saturated heterocycles. The molecular weight excluding hydrogens is 378 g/mol. The van der Waals surface area contributed by atoms with Crippen LogP contribution in [0.5, 0.6) is 0 Å². The molecule has 1 heterocycles. The number of rotatable bonds is 9. The third-order valence-corrected chi connectivity index (χ3v) is 5.74. The Balaban J connectivity index is 1.63. The van der Waals surface area contributed by atoms with E-state index in [0.717, 1.165) is 23.8 Å². The summed E-state index contributed by atoms with van der Waals surface area (Å²) >= 11 is 1.62. The summed E-state index contributed by atoms with van der Waals surface area (Å²) in [5.41, 5.74) is 0.690. The number of ketones is 1. The van der Waals surface area contributed by atoms with E-state index in [1.807, 2.05) is 6.26 Å². The highest BCUT2D eigenvalue weighted by Gasteiger charge is 2.23. The molecule has 0 amide bonds. The van der Waals surface area contributed by atoms with Crippen LogP contribution in [-0.4, -0.2) is 38.3 Å². The van der Waals surface area contributed by atoms with Gasteiger partial charge in [-0.1, -0.05) is 24.6 Å². The standard InChI is InChI=1S/C19H25N5O3S/c1-13(25)14-9-10-16(17(12-14)24(26)27)20-11-5-8-18-21-22-19(28-2)23(18)15-6-3-4-7-15/h9-10,12,15,20H,3-8,11H2,1-2H3. The van der Waals surface area contributed by atoms with E-state index in [1.54, 1.807) is 23.9 Å². The van der Waals surface area contributed by atoms with Crippen molar-refractivity contribution >= 4 is 28.9 Å². The van der Waals surface area contributed by atoms with Crippen LogP contribution in [0.3, 0.4) is 0 Å². The number of carbonyl (C=O) groups excluding carboxylic acids is 1. The molecule has 0 atom stereocenters. The van der Waals surface area contributed by atoms with Gasteiger partial charge in [-0.05, 0) is 44.6 Å². The van der Waals surface area contributed by atoms with Crippen LogP contribution in [0.4, 0.5) is 11.4 Å². The Kier molecular flexibility index (Phi) is 6.66. The van der Waals surface area contributed by atoms with Crippen LogP contribution in [-0.2, 0) is 6.42 Å². The summed E-state index contributed by atoms with van der Waals surface area (Å²) in [6.07, 6.45) is 8.40. The fraction of sp³-hybridized carbons (Fsp3) is 0.526. The number of aryl methyl sites for hydroxylation is 1. The van der Waals surface area contributed by atoms with Crippen LogP contribution in [0.25, 0.3) is 0 Å². The Morgan fingerprint density at radius 3 is 2.75 bits per heavy atom. The number of nitro benzene ring substituents is 1. The van der Waals surface area contributed by atoms with E-state index in [4.69, 9.17) is 0 Å². The highest BCUT2D eigenvalue weighted by Crippen LogP contribution is 2.33. The van der Waals surface area contributed by atoms with Crippen LogP contribution >= 0.6 is 11.8 Å². The van der Waals surface area contributed by atoms with Crippen molar-refractivity contribution in [1.29, 1.82) is 0 Å². The summed E-state index contributed by atoms with van der Waals surface area (Å²) in [4.78, 5) is 22.3. The number of hydrogen-bond donors (Lipinski definition) is 1. The zero-order valence-corrected chi connectivity index (χ0v) is 17.0. The van der Waals surface area contributed by atoms with Crippen molar-refractivity contribution in [2.75, 3.05) is 18.1 Å². The molecule has 1 aliphatic rings. The molecule has 1 N–H and O–H groups in total. The maximum Gasteiger partial charge on any atom is 0.293 e. The molecule has 1 fully saturated rings. The SMILES string of the molecule is CSc1nnc(CCCNc2ccc(C(C)=O)cc2[N+](=O)[O-])n1C1CCCC1. The predicted molar refractivity (Wildman–Crippen MR) is 109 cm³/mol. The molecule has 8 nitrogen and oxygen atoms in total. The van der Waals surface area contributed by atoms with Crippen LogP contribution in [0.2, 0.25) is 0 Å². The van der Waals surface area contributed by atoms with Crippen molar-refractivity contribution in [2.45, 2.75) is 56.6 Å². The minimum Gasteiger partial charge on any atom is -0.379 e. The largest absolute Gasteiger partial charge is 0.379 e. The number of anilines is 1. The zero-order valence-electron chi connectivity index (χ0n) is 16.2. The third-order valence-electron chi connectivity index (χ3n) is 5.10. The highest BCUT2D eigenvalue weighted by molar-refractivity contribution is 7.98. The maximum atomic E-state index is 11.5. The van der Waals surface area contributed by atoms with Gasteiger partial charge in [0.1, 0.15) is 11.5 Å². The number of nitrogens with zero attached hydrogens (tertiary/aromatic N) is 4. The normalized spacial score (nSPS) is 14.4. The second-order valence-electron chi connectivity index (χ2n) is 6.99. The van der Waals surface area contributed by atoms with Gasteiger partial charge in [0.15, 0.2) is 10.9 Å². The lowest BCUT2D eigenvalue weighted by Gasteiger charge is -2.16. The Labute approximate surface area is 168 Å².